The Labute approximate surface area is 153 Å². The second kappa shape index (κ2) is 7.09. The van der Waals surface area contributed by atoms with E-state index in [2.05, 4.69) is 5.10 Å². The van der Waals surface area contributed by atoms with Gasteiger partial charge >= 0.3 is 5.97 Å². The standard InChI is InChI=1S/C18H12Cl2N2O3/c19-17(20)16(23)12-8-6-11(7-9-12)15-14(18(24)25)10-22(21-15)13-4-2-1-3-5-13/h1-10,17H,(H,24,25). The fourth-order valence-corrected chi connectivity index (χ4v) is 2.63. The van der Waals surface area contributed by atoms with E-state index in [4.69, 9.17) is 23.2 Å². The van der Waals surface area contributed by atoms with E-state index in [1.54, 1.807) is 24.3 Å². The smallest absolute Gasteiger partial charge is 0.339 e. The molecule has 0 spiro atoms. The molecule has 0 fully saturated rings. The van der Waals surface area contributed by atoms with Crippen LogP contribution in [0.4, 0.5) is 0 Å². The lowest BCUT2D eigenvalue weighted by molar-refractivity contribution is 0.0697. The molecule has 0 atom stereocenters. The van der Waals surface area contributed by atoms with Gasteiger partial charge in [-0.15, -0.1) is 0 Å². The van der Waals surface area contributed by atoms with Crippen LogP contribution in [0, 0.1) is 0 Å². The molecule has 0 aliphatic heterocycles. The Kier molecular flexibility index (Phi) is 4.88. The summed E-state index contributed by atoms with van der Waals surface area (Å²) in [6, 6.07) is 15.5. The molecule has 1 aromatic heterocycles. The van der Waals surface area contributed by atoms with Gasteiger partial charge in [-0.2, -0.15) is 5.10 Å². The summed E-state index contributed by atoms with van der Waals surface area (Å²) in [5.41, 5.74) is 2.04. The van der Waals surface area contributed by atoms with Crippen LogP contribution in [0.3, 0.4) is 0 Å². The number of benzene rings is 2. The number of alkyl halides is 2. The average molecular weight is 375 g/mol. The van der Waals surface area contributed by atoms with Gasteiger partial charge in [0.2, 0.25) is 0 Å². The molecule has 0 bridgehead atoms. The Morgan fingerprint density at radius 1 is 1.00 bits per heavy atom. The van der Waals surface area contributed by atoms with Crippen molar-refractivity contribution in [2.24, 2.45) is 0 Å². The van der Waals surface area contributed by atoms with Crippen LogP contribution in [0.15, 0.2) is 60.8 Å². The first-order chi connectivity index (χ1) is 12.0. The number of halogens is 2. The van der Waals surface area contributed by atoms with Gasteiger partial charge in [-0.3, -0.25) is 4.79 Å². The highest BCUT2D eigenvalue weighted by molar-refractivity contribution is 6.55. The zero-order valence-corrected chi connectivity index (χ0v) is 14.3. The van der Waals surface area contributed by atoms with E-state index in [1.165, 1.54) is 10.9 Å². The van der Waals surface area contributed by atoms with Crippen molar-refractivity contribution in [1.29, 1.82) is 0 Å². The van der Waals surface area contributed by atoms with Crippen molar-refractivity contribution in [1.82, 2.24) is 9.78 Å². The first-order valence-corrected chi connectivity index (χ1v) is 8.16. The van der Waals surface area contributed by atoms with Crippen molar-refractivity contribution in [3.63, 3.8) is 0 Å². The Morgan fingerprint density at radius 2 is 1.64 bits per heavy atom. The van der Waals surface area contributed by atoms with Gasteiger partial charge in [0.1, 0.15) is 11.3 Å². The number of Topliss-reactive ketones (excluding diaryl/α,β-unsaturated/α-hetero) is 1. The van der Waals surface area contributed by atoms with Gasteiger partial charge in [0, 0.05) is 17.3 Å². The Hall–Kier alpha value is -2.63. The summed E-state index contributed by atoms with van der Waals surface area (Å²) < 4.78 is 1.51. The second-order valence-electron chi connectivity index (χ2n) is 5.22. The van der Waals surface area contributed by atoms with Crippen LogP contribution >= 0.6 is 23.2 Å². The maximum Gasteiger partial charge on any atom is 0.339 e. The first kappa shape index (κ1) is 17.2. The number of carbonyl (C=O) groups excluding carboxylic acids is 1. The molecule has 0 unspecified atom stereocenters. The van der Waals surface area contributed by atoms with Crippen molar-refractivity contribution in [3.05, 3.63) is 71.9 Å². The minimum atomic E-state index is -1.14. The molecule has 0 amide bonds. The molecule has 1 N–H and O–H groups in total. The summed E-state index contributed by atoms with van der Waals surface area (Å²) in [6.07, 6.45) is 1.46. The lowest BCUT2D eigenvalue weighted by Crippen LogP contribution is -2.07. The van der Waals surface area contributed by atoms with Crippen molar-refractivity contribution in [2.45, 2.75) is 4.84 Å². The molecular formula is C18H12Cl2N2O3. The van der Waals surface area contributed by atoms with E-state index in [1.807, 2.05) is 30.3 Å². The number of hydrogen-bond acceptors (Lipinski definition) is 3. The number of aromatic carboxylic acids is 1. The SMILES string of the molecule is O=C(O)c1cn(-c2ccccc2)nc1-c1ccc(C(=O)C(Cl)Cl)cc1. The maximum atomic E-state index is 11.8. The number of nitrogens with zero attached hydrogens (tertiary/aromatic N) is 2. The van der Waals surface area contributed by atoms with Crippen molar-refractivity contribution >= 4 is 35.0 Å². The van der Waals surface area contributed by atoms with E-state index in [9.17, 15) is 14.7 Å². The average Bonchev–Trinajstić information content (AvgIpc) is 3.07. The molecule has 1 heterocycles. The lowest BCUT2D eigenvalue weighted by atomic mass is 10.0. The molecule has 0 saturated heterocycles. The van der Waals surface area contributed by atoms with E-state index in [-0.39, 0.29) is 5.56 Å². The van der Waals surface area contributed by atoms with Crippen LogP contribution in [0.1, 0.15) is 20.7 Å². The lowest BCUT2D eigenvalue weighted by Gasteiger charge is -2.03. The van der Waals surface area contributed by atoms with E-state index in [0.717, 1.165) is 5.69 Å². The fourth-order valence-electron chi connectivity index (χ4n) is 2.37. The Morgan fingerprint density at radius 3 is 2.20 bits per heavy atom. The normalized spacial score (nSPS) is 10.8. The molecule has 7 heteroatoms. The molecule has 2 aromatic carbocycles. The van der Waals surface area contributed by atoms with Crippen LogP contribution < -0.4 is 0 Å². The monoisotopic (exact) mass is 374 g/mol. The third-order valence-electron chi connectivity index (χ3n) is 3.61. The summed E-state index contributed by atoms with van der Waals surface area (Å²) >= 11 is 11.2. The third kappa shape index (κ3) is 3.57. The second-order valence-corrected chi connectivity index (χ2v) is 6.32. The van der Waals surface area contributed by atoms with Crippen molar-refractivity contribution in [3.8, 4) is 16.9 Å². The van der Waals surface area contributed by atoms with Gasteiger partial charge in [-0.05, 0) is 12.1 Å². The number of carboxylic acid groups (broad SMARTS) is 1. The predicted octanol–water partition coefficient (Wildman–Crippen LogP) is 4.22. The summed E-state index contributed by atoms with van der Waals surface area (Å²) in [7, 11) is 0. The van der Waals surface area contributed by atoms with Gasteiger partial charge in [0.15, 0.2) is 10.6 Å². The van der Waals surface area contributed by atoms with Gasteiger partial charge in [0.05, 0.1) is 5.69 Å². The number of hydrogen-bond donors (Lipinski definition) is 1. The van der Waals surface area contributed by atoms with Crippen LogP contribution in [0.25, 0.3) is 16.9 Å². The highest BCUT2D eigenvalue weighted by Gasteiger charge is 2.19. The van der Waals surface area contributed by atoms with Crippen molar-refractivity contribution in [2.75, 3.05) is 0 Å². The van der Waals surface area contributed by atoms with Gasteiger partial charge < -0.3 is 5.11 Å². The molecular weight excluding hydrogens is 363 g/mol. The van der Waals surface area contributed by atoms with Crippen LogP contribution in [-0.4, -0.2) is 31.5 Å². The van der Waals surface area contributed by atoms with Gasteiger partial charge in [-0.25, -0.2) is 9.48 Å². The zero-order chi connectivity index (χ0) is 18.0. The quantitative estimate of drug-likeness (QED) is 0.535. The molecule has 126 valence electrons. The summed E-state index contributed by atoms with van der Waals surface area (Å²) in [4.78, 5) is 22.2. The first-order valence-electron chi connectivity index (χ1n) is 7.28. The zero-order valence-electron chi connectivity index (χ0n) is 12.8. The molecule has 5 nitrogen and oxygen atoms in total. The number of para-hydroxylation sites is 1. The van der Waals surface area contributed by atoms with Gasteiger partial charge in [0.25, 0.3) is 0 Å². The van der Waals surface area contributed by atoms with Crippen LogP contribution in [-0.2, 0) is 0 Å². The predicted molar refractivity (Wildman–Crippen MR) is 95.8 cm³/mol. The maximum absolute atomic E-state index is 11.8. The highest BCUT2D eigenvalue weighted by atomic mass is 35.5. The third-order valence-corrected chi connectivity index (χ3v) is 4.00. The highest BCUT2D eigenvalue weighted by Crippen LogP contribution is 2.25. The molecule has 0 aliphatic rings. The van der Waals surface area contributed by atoms with Crippen LogP contribution in [0.5, 0.6) is 0 Å². The molecule has 0 saturated carbocycles. The van der Waals surface area contributed by atoms with E-state index in [0.29, 0.717) is 16.8 Å². The molecule has 0 aliphatic carbocycles. The largest absolute Gasteiger partial charge is 0.478 e. The fraction of sp³-hybridized carbons (Fsp3) is 0.0556. The molecule has 3 rings (SSSR count). The number of aromatic nitrogens is 2. The Bertz CT molecular complexity index is 919. The van der Waals surface area contributed by atoms with E-state index >= 15 is 0 Å². The topological polar surface area (TPSA) is 72.2 Å². The van der Waals surface area contributed by atoms with Crippen molar-refractivity contribution < 1.29 is 14.7 Å². The summed E-state index contributed by atoms with van der Waals surface area (Å²) in [6.45, 7) is 0. The number of carboxylic acids is 1. The molecule has 0 radical (unpaired) electrons. The molecule has 25 heavy (non-hydrogen) atoms. The molecule has 3 aromatic rings. The number of rotatable bonds is 5. The van der Waals surface area contributed by atoms with E-state index < -0.39 is 16.6 Å². The number of carbonyl (C=O) groups is 2. The van der Waals surface area contributed by atoms with Gasteiger partial charge in [-0.1, -0.05) is 65.7 Å². The number of ketones is 1. The minimum absolute atomic E-state index is 0.0653. The summed E-state index contributed by atoms with van der Waals surface area (Å²) in [5, 5.41) is 13.8. The summed E-state index contributed by atoms with van der Waals surface area (Å²) in [5.74, 6) is -1.50. The Balaban J connectivity index is 2.03. The minimum Gasteiger partial charge on any atom is -0.478 e. The van der Waals surface area contributed by atoms with Crippen LogP contribution in [0.2, 0.25) is 0 Å².